The lowest BCUT2D eigenvalue weighted by Gasteiger charge is -2.04. The van der Waals surface area contributed by atoms with Gasteiger partial charge in [-0.2, -0.15) is 0 Å². The van der Waals surface area contributed by atoms with Gasteiger partial charge in [-0.05, 0) is 24.1 Å². The predicted octanol–water partition coefficient (Wildman–Crippen LogP) is 2.63. The number of nitrogens with zero attached hydrogens (tertiary/aromatic N) is 1. The van der Waals surface area contributed by atoms with Crippen LogP contribution >= 0.6 is 0 Å². The van der Waals surface area contributed by atoms with Crippen LogP contribution in [0.1, 0.15) is 11.3 Å². The van der Waals surface area contributed by atoms with Gasteiger partial charge in [0.2, 0.25) is 0 Å². The number of carboxylic acid groups (broad SMARTS) is 1. The van der Waals surface area contributed by atoms with Crippen LogP contribution in [0.4, 0.5) is 0 Å². The zero-order valence-corrected chi connectivity index (χ0v) is 9.97. The van der Waals surface area contributed by atoms with Crippen molar-refractivity contribution in [2.45, 2.75) is 13.3 Å². The Hall–Kier alpha value is -2.03. The van der Waals surface area contributed by atoms with Gasteiger partial charge in [0, 0.05) is 18.4 Å². The van der Waals surface area contributed by atoms with Crippen LogP contribution in [0.25, 0.3) is 11.3 Å². The summed E-state index contributed by atoms with van der Waals surface area (Å²) in [5.41, 5.74) is 4.04. The fourth-order valence-corrected chi connectivity index (χ4v) is 1.99. The number of carboxylic acids is 1. The van der Waals surface area contributed by atoms with Crippen molar-refractivity contribution in [3.8, 4) is 11.3 Å². The fraction of sp³-hybridized carbons (Fsp3) is 0.214. The topological polar surface area (TPSA) is 42.2 Å². The van der Waals surface area contributed by atoms with Crippen molar-refractivity contribution in [2.24, 2.45) is 7.05 Å². The average Bonchev–Trinajstić information content (AvgIpc) is 2.58. The van der Waals surface area contributed by atoms with Gasteiger partial charge in [-0.1, -0.05) is 30.3 Å². The molecule has 1 heterocycles. The van der Waals surface area contributed by atoms with Crippen molar-refractivity contribution in [2.75, 3.05) is 0 Å². The van der Waals surface area contributed by atoms with Crippen LogP contribution in [-0.2, 0) is 18.3 Å². The molecule has 17 heavy (non-hydrogen) atoms. The minimum atomic E-state index is -0.793. The van der Waals surface area contributed by atoms with E-state index in [0.29, 0.717) is 0 Å². The second-order valence-electron chi connectivity index (χ2n) is 4.14. The van der Waals surface area contributed by atoms with Crippen molar-refractivity contribution in [3.63, 3.8) is 0 Å². The van der Waals surface area contributed by atoms with Crippen LogP contribution in [0.5, 0.6) is 0 Å². The van der Waals surface area contributed by atoms with Crippen LogP contribution < -0.4 is 0 Å². The normalized spacial score (nSPS) is 10.5. The van der Waals surface area contributed by atoms with Crippen LogP contribution in [0, 0.1) is 6.92 Å². The first-order valence-corrected chi connectivity index (χ1v) is 5.52. The standard InChI is InChI=1S/C14H15NO2/c1-10-12(9-14(16)17)8-13(15(10)2)11-6-4-3-5-7-11/h3-8H,9H2,1-2H3,(H,16,17). The first kappa shape index (κ1) is 11.5. The first-order chi connectivity index (χ1) is 8.09. The van der Waals surface area contributed by atoms with E-state index in [4.69, 9.17) is 5.11 Å². The van der Waals surface area contributed by atoms with Gasteiger partial charge in [0.15, 0.2) is 0 Å². The molecular weight excluding hydrogens is 214 g/mol. The van der Waals surface area contributed by atoms with E-state index in [0.717, 1.165) is 22.5 Å². The van der Waals surface area contributed by atoms with Crippen molar-refractivity contribution in [1.82, 2.24) is 4.57 Å². The van der Waals surface area contributed by atoms with E-state index in [-0.39, 0.29) is 6.42 Å². The quantitative estimate of drug-likeness (QED) is 0.879. The van der Waals surface area contributed by atoms with E-state index in [9.17, 15) is 4.79 Å². The third kappa shape index (κ3) is 2.23. The Morgan fingerprint density at radius 3 is 2.53 bits per heavy atom. The van der Waals surface area contributed by atoms with E-state index in [2.05, 4.69) is 0 Å². The maximum atomic E-state index is 10.8. The molecule has 0 fully saturated rings. The molecule has 2 aromatic rings. The lowest BCUT2D eigenvalue weighted by atomic mass is 10.1. The Morgan fingerprint density at radius 1 is 1.29 bits per heavy atom. The summed E-state index contributed by atoms with van der Waals surface area (Å²) in [6.45, 7) is 1.95. The number of carbonyl (C=O) groups is 1. The first-order valence-electron chi connectivity index (χ1n) is 5.52. The zero-order chi connectivity index (χ0) is 12.4. The Labute approximate surface area is 100 Å². The molecule has 0 atom stereocenters. The molecule has 0 saturated heterocycles. The van der Waals surface area contributed by atoms with Gasteiger partial charge in [0.1, 0.15) is 0 Å². The van der Waals surface area contributed by atoms with E-state index in [1.54, 1.807) is 0 Å². The third-order valence-corrected chi connectivity index (χ3v) is 3.05. The van der Waals surface area contributed by atoms with Gasteiger partial charge >= 0.3 is 5.97 Å². The lowest BCUT2D eigenvalue weighted by Crippen LogP contribution is -2.01. The molecule has 3 nitrogen and oxygen atoms in total. The van der Waals surface area contributed by atoms with Gasteiger partial charge in [-0.25, -0.2) is 0 Å². The molecule has 88 valence electrons. The summed E-state index contributed by atoms with van der Waals surface area (Å²) < 4.78 is 2.04. The van der Waals surface area contributed by atoms with Gasteiger partial charge in [-0.15, -0.1) is 0 Å². The number of hydrogen-bond acceptors (Lipinski definition) is 1. The smallest absolute Gasteiger partial charge is 0.307 e. The Morgan fingerprint density at radius 2 is 1.94 bits per heavy atom. The minimum absolute atomic E-state index is 0.0759. The molecule has 3 heteroatoms. The van der Waals surface area contributed by atoms with Crippen molar-refractivity contribution < 1.29 is 9.90 Å². The zero-order valence-electron chi connectivity index (χ0n) is 9.97. The molecule has 0 unspecified atom stereocenters. The summed E-state index contributed by atoms with van der Waals surface area (Å²) in [5, 5.41) is 8.85. The molecule has 1 aromatic carbocycles. The van der Waals surface area contributed by atoms with Crippen LogP contribution in [0.2, 0.25) is 0 Å². The second-order valence-corrected chi connectivity index (χ2v) is 4.14. The highest BCUT2D eigenvalue weighted by Gasteiger charge is 2.12. The van der Waals surface area contributed by atoms with Gasteiger partial charge in [-0.3, -0.25) is 4.79 Å². The SMILES string of the molecule is Cc1c(CC(=O)O)cc(-c2ccccc2)n1C. The maximum Gasteiger partial charge on any atom is 0.307 e. The molecule has 0 amide bonds. The van der Waals surface area contributed by atoms with Crippen molar-refractivity contribution in [3.05, 3.63) is 47.7 Å². The van der Waals surface area contributed by atoms with Crippen molar-refractivity contribution >= 4 is 5.97 Å². The fourth-order valence-electron chi connectivity index (χ4n) is 1.99. The number of aliphatic carboxylic acids is 1. The van der Waals surface area contributed by atoms with E-state index in [1.807, 2.05) is 54.9 Å². The molecule has 0 aliphatic heterocycles. The molecule has 2 rings (SSSR count). The maximum absolute atomic E-state index is 10.8. The molecule has 0 radical (unpaired) electrons. The van der Waals surface area contributed by atoms with E-state index in [1.165, 1.54) is 0 Å². The predicted molar refractivity (Wildman–Crippen MR) is 66.9 cm³/mol. The third-order valence-electron chi connectivity index (χ3n) is 3.05. The second kappa shape index (κ2) is 4.45. The largest absolute Gasteiger partial charge is 0.481 e. The van der Waals surface area contributed by atoms with Gasteiger partial charge in [0.05, 0.1) is 6.42 Å². The lowest BCUT2D eigenvalue weighted by molar-refractivity contribution is -0.136. The highest BCUT2D eigenvalue weighted by molar-refractivity contribution is 5.72. The Bertz CT molecular complexity index is 541. The van der Waals surface area contributed by atoms with Crippen LogP contribution in [-0.4, -0.2) is 15.6 Å². The molecular formula is C14H15NO2. The van der Waals surface area contributed by atoms with Crippen molar-refractivity contribution in [1.29, 1.82) is 0 Å². The highest BCUT2D eigenvalue weighted by atomic mass is 16.4. The van der Waals surface area contributed by atoms with Crippen LogP contribution in [0.15, 0.2) is 36.4 Å². The Kier molecular flexibility index (Phi) is 3.00. The minimum Gasteiger partial charge on any atom is -0.481 e. The number of rotatable bonds is 3. The molecule has 0 bridgehead atoms. The summed E-state index contributed by atoms with van der Waals surface area (Å²) in [4.78, 5) is 10.8. The Balaban J connectivity index is 2.46. The van der Waals surface area contributed by atoms with E-state index >= 15 is 0 Å². The van der Waals surface area contributed by atoms with Crippen LogP contribution in [0.3, 0.4) is 0 Å². The van der Waals surface area contributed by atoms with Gasteiger partial charge < -0.3 is 9.67 Å². The molecule has 1 N–H and O–H groups in total. The summed E-state index contributed by atoms with van der Waals surface area (Å²) in [7, 11) is 1.96. The molecule has 0 spiro atoms. The monoisotopic (exact) mass is 229 g/mol. The van der Waals surface area contributed by atoms with E-state index < -0.39 is 5.97 Å². The number of hydrogen-bond donors (Lipinski definition) is 1. The molecule has 0 aliphatic rings. The molecule has 1 aromatic heterocycles. The number of aromatic nitrogens is 1. The summed E-state index contributed by atoms with van der Waals surface area (Å²) in [5.74, 6) is -0.793. The summed E-state index contributed by atoms with van der Waals surface area (Å²) in [6.07, 6.45) is 0.0759. The number of benzene rings is 1. The average molecular weight is 229 g/mol. The summed E-state index contributed by atoms with van der Waals surface area (Å²) in [6, 6.07) is 11.9. The van der Waals surface area contributed by atoms with Gasteiger partial charge in [0.25, 0.3) is 0 Å². The summed E-state index contributed by atoms with van der Waals surface area (Å²) >= 11 is 0. The molecule has 0 saturated carbocycles. The molecule has 0 aliphatic carbocycles. The highest BCUT2D eigenvalue weighted by Crippen LogP contribution is 2.24.